The van der Waals surface area contributed by atoms with Crippen LogP contribution in [-0.2, 0) is 6.42 Å². The average molecular weight is 373 g/mol. The molecule has 106 valence electrons. The Morgan fingerprint density at radius 2 is 1.80 bits per heavy atom. The predicted octanol–water partition coefficient (Wildman–Crippen LogP) is 6.11. The molecule has 0 spiro atoms. The van der Waals surface area contributed by atoms with Crippen molar-refractivity contribution in [2.24, 2.45) is 0 Å². The zero-order chi connectivity index (χ0) is 14.7. The van der Waals surface area contributed by atoms with Gasteiger partial charge in [-0.1, -0.05) is 35.3 Å². The summed E-state index contributed by atoms with van der Waals surface area (Å²) in [5, 5.41) is 5.02. The third kappa shape index (κ3) is 4.15. The first-order valence-electron chi connectivity index (χ1n) is 6.42. The molecule has 0 heterocycles. The van der Waals surface area contributed by atoms with Gasteiger partial charge in [0.2, 0.25) is 0 Å². The van der Waals surface area contributed by atoms with Gasteiger partial charge in [-0.2, -0.15) is 0 Å². The molecule has 20 heavy (non-hydrogen) atoms. The summed E-state index contributed by atoms with van der Waals surface area (Å²) in [6, 6.07) is 12.2. The number of nitrogens with one attached hydrogen (secondary N) is 1. The van der Waals surface area contributed by atoms with Crippen molar-refractivity contribution < 1.29 is 0 Å². The molecule has 0 amide bonds. The highest BCUT2D eigenvalue weighted by Gasteiger charge is 2.08. The molecule has 1 atom stereocenters. The highest BCUT2D eigenvalue weighted by molar-refractivity contribution is 9.10. The molecule has 0 aliphatic carbocycles. The molecule has 1 nitrogen and oxygen atoms in total. The lowest BCUT2D eigenvalue weighted by Crippen LogP contribution is -2.18. The molecule has 2 aromatic carbocycles. The summed E-state index contributed by atoms with van der Waals surface area (Å²) in [5.74, 6) is 0. The smallest absolute Gasteiger partial charge is 0.0501 e. The number of anilines is 1. The van der Waals surface area contributed by atoms with E-state index in [2.05, 4.69) is 40.3 Å². The van der Waals surface area contributed by atoms with Gasteiger partial charge in [0, 0.05) is 20.6 Å². The maximum atomic E-state index is 6.17. The Morgan fingerprint density at radius 3 is 2.45 bits per heavy atom. The second-order valence-corrected chi connectivity index (χ2v) is 6.66. The maximum absolute atomic E-state index is 6.17. The van der Waals surface area contributed by atoms with E-state index in [1.807, 2.05) is 31.2 Å². The highest BCUT2D eigenvalue weighted by Crippen LogP contribution is 2.29. The number of aryl methyl sites for hydroxylation is 1. The Kier molecular flexibility index (Phi) is 5.36. The van der Waals surface area contributed by atoms with Crippen molar-refractivity contribution in [3.8, 4) is 0 Å². The standard InChI is InChI=1S/C16H16BrCl2N/c1-10-7-14(17)16(9-15(10)19)20-11(2)8-12-3-5-13(18)6-4-12/h3-7,9,11,20H,8H2,1-2H3. The topological polar surface area (TPSA) is 12.0 Å². The van der Waals surface area contributed by atoms with Crippen LogP contribution in [0.3, 0.4) is 0 Å². The summed E-state index contributed by atoms with van der Waals surface area (Å²) in [4.78, 5) is 0. The van der Waals surface area contributed by atoms with E-state index >= 15 is 0 Å². The molecular weight excluding hydrogens is 357 g/mol. The summed E-state index contributed by atoms with van der Waals surface area (Å²) in [5.41, 5.74) is 3.33. The normalized spacial score (nSPS) is 12.2. The number of rotatable bonds is 4. The van der Waals surface area contributed by atoms with Crippen LogP contribution in [0.2, 0.25) is 10.0 Å². The van der Waals surface area contributed by atoms with Crippen molar-refractivity contribution in [1.29, 1.82) is 0 Å². The van der Waals surface area contributed by atoms with Crippen molar-refractivity contribution in [2.45, 2.75) is 26.3 Å². The van der Waals surface area contributed by atoms with Gasteiger partial charge in [0.15, 0.2) is 0 Å². The van der Waals surface area contributed by atoms with E-state index in [9.17, 15) is 0 Å². The molecule has 1 unspecified atom stereocenters. The van der Waals surface area contributed by atoms with E-state index in [1.54, 1.807) is 0 Å². The van der Waals surface area contributed by atoms with E-state index in [-0.39, 0.29) is 0 Å². The number of hydrogen-bond donors (Lipinski definition) is 1. The van der Waals surface area contributed by atoms with Crippen LogP contribution in [0, 0.1) is 6.92 Å². The number of hydrogen-bond acceptors (Lipinski definition) is 1. The molecule has 1 N–H and O–H groups in total. The van der Waals surface area contributed by atoms with Gasteiger partial charge < -0.3 is 5.32 Å². The second kappa shape index (κ2) is 6.84. The second-order valence-electron chi connectivity index (χ2n) is 4.96. The Hall–Kier alpha value is -0.700. The van der Waals surface area contributed by atoms with Gasteiger partial charge >= 0.3 is 0 Å². The van der Waals surface area contributed by atoms with Gasteiger partial charge in [-0.3, -0.25) is 0 Å². The fraction of sp³-hybridized carbons (Fsp3) is 0.250. The van der Waals surface area contributed by atoms with Gasteiger partial charge in [0.25, 0.3) is 0 Å². The SMILES string of the molecule is Cc1cc(Br)c(NC(C)Cc2ccc(Cl)cc2)cc1Cl. The van der Waals surface area contributed by atoms with Gasteiger partial charge in [-0.15, -0.1) is 0 Å². The van der Waals surface area contributed by atoms with Crippen LogP contribution < -0.4 is 5.32 Å². The third-order valence-electron chi connectivity index (χ3n) is 3.11. The molecule has 0 fully saturated rings. The zero-order valence-corrected chi connectivity index (χ0v) is 14.5. The van der Waals surface area contributed by atoms with E-state index in [4.69, 9.17) is 23.2 Å². The van der Waals surface area contributed by atoms with Crippen molar-refractivity contribution in [3.05, 3.63) is 62.0 Å². The Balaban J connectivity index is 2.06. The minimum Gasteiger partial charge on any atom is -0.381 e. The summed E-state index contributed by atoms with van der Waals surface area (Å²) in [6.45, 7) is 4.14. The van der Waals surface area contributed by atoms with Crippen LogP contribution >= 0.6 is 39.1 Å². The van der Waals surface area contributed by atoms with E-state index < -0.39 is 0 Å². The predicted molar refractivity (Wildman–Crippen MR) is 92.1 cm³/mol. The number of halogens is 3. The van der Waals surface area contributed by atoms with Crippen molar-refractivity contribution in [3.63, 3.8) is 0 Å². The Labute approximate surface area is 138 Å². The summed E-state index contributed by atoms with van der Waals surface area (Å²) < 4.78 is 1.03. The maximum Gasteiger partial charge on any atom is 0.0501 e. The van der Waals surface area contributed by atoms with Gasteiger partial charge in [-0.05, 0) is 71.6 Å². The van der Waals surface area contributed by atoms with E-state index in [1.165, 1.54) is 5.56 Å². The monoisotopic (exact) mass is 371 g/mol. The molecular formula is C16H16BrCl2N. The van der Waals surface area contributed by atoms with Crippen LogP contribution in [-0.4, -0.2) is 6.04 Å². The van der Waals surface area contributed by atoms with E-state index in [0.717, 1.165) is 32.2 Å². The molecule has 0 aromatic heterocycles. The summed E-state index contributed by atoms with van der Waals surface area (Å²) in [6.07, 6.45) is 0.926. The first kappa shape index (κ1) is 15.7. The van der Waals surface area contributed by atoms with Crippen molar-refractivity contribution in [1.82, 2.24) is 0 Å². The summed E-state index contributed by atoms with van der Waals surface area (Å²) in [7, 11) is 0. The molecule has 2 rings (SSSR count). The lowest BCUT2D eigenvalue weighted by molar-refractivity contribution is 0.789. The van der Waals surface area contributed by atoms with Gasteiger partial charge in [0.05, 0.1) is 5.69 Å². The first-order valence-corrected chi connectivity index (χ1v) is 7.97. The molecule has 0 aliphatic rings. The first-order chi connectivity index (χ1) is 9.45. The van der Waals surface area contributed by atoms with Crippen LogP contribution in [0.4, 0.5) is 5.69 Å². The molecule has 0 saturated carbocycles. The number of benzene rings is 2. The van der Waals surface area contributed by atoms with Gasteiger partial charge in [-0.25, -0.2) is 0 Å². The molecule has 0 saturated heterocycles. The molecule has 0 bridgehead atoms. The molecule has 2 aromatic rings. The van der Waals surface area contributed by atoms with Gasteiger partial charge in [0.1, 0.15) is 0 Å². The summed E-state index contributed by atoms with van der Waals surface area (Å²) >= 11 is 15.6. The fourth-order valence-electron chi connectivity index (χ4n) is 2.05. The van der Waals surface area contributed by atoms with Crippen molar-refractivity contribution >= 4 is 44.8 Å². The van der Waals surface area contributed by atoms with Crippen molar-refractivity contribution in [2.75, 3.05) is 5.32 Å². The van der Waals surface area contributed by atoms with Crippen LogP contribution in [0.25, 0.3) is 0 Å². The minimum absolute atomic E-state index is 0.297. The minimum atomic E-state index is 0.297. The van der Waals surface area contributed by atoms with Crippen LogP contribution in [0.5, 0.6) is 0 Å². The lowest BCUT2D eigenvalue weighted by Gasteiger charge is -2.17. The van der Waals surface area contributed by atoms with Crippen LogP contribution in [0.15, 0.2) is 40.9 Å². The Morgan fingerprint density at radius 1 is 1.15 bits per heavy atom. The molecule has 0 radical (unpaired) electrons. The van der Waals surface area contributed by atoms with Crippen LogP contribution in [0.1, 0.15) is 18.1 Å². The zero-order valence-electron chi connectivity index (χ0n) is 11.4. The van der Waals surface area contributed by atoms with E-state index in [0.29, 0.717) is 6.04 Å². The third-order valence-corrected chi connectivity index (χ3v) is 4.42. The average Bonchev–Trinajstić information content (AvgIpc) is 2.39. The fourth-order valence-corrected chi connectivity index (χ4v) is 2.91. The lowest BCUT2D eigenvalue weighted by atomic mass is 10.1. The highest BCUT2D eigenvalue weighted by atomic mass is 79.9. The molecule has 0 aliphatic heterocycles. The quantitative estimate of drug-likeness (QED) is 0.682. The largest absolute Gasteiger partial charge is 0.381 e. The molecule has 4 heteroatoms. The Bertz CT molecular complexity index is 596.